The van der Waals surface area contributed by atoms with Crippen molar-refractivity contribution in [2.24, 2.45) is 0 Å². The van der Waals surface area contributed by atoms with E-state index in [1.54, 1.807) is 0 Å². The van der Waals surface area contributed by atoms with Crippen LogP contribution in [0.15, 0.2) is 162 Å². The molecule has 51 heavy (non-hydrogen) atoms. The smallest absolute Gasteiger partial charge is 0.244 e. The Morgan fingerprint density at radius 1 is 0.608 bits per heavy atom. The first-order valence-electron chi connectivity index (χ1n) is 17.6. The van der Waals surface area contributed by atoms with Gasteiger partial charge in [0.05, 0.1) is 16.9 Å². The molecule has 0 atom stereocenters. The molecule has 9 aromatic rings. The second-order valence-corrected chi connectivity index (χ2v) is 13.6. The zero-order valence-electron chi connectivity index (χ0n) is 28.5. The standard InChI is InChI=1S/C46H34BN3O/c1-29-21-23-31(24-22-29)48-39-28-34(49(32-13-5-3-6-14-32)33-15-7-4-8-16-33)25-26-35(39)38-27-30(2)42-36-17-9-11-19-40(36)50-44-37-18-10-12-20-41(37)51-46(44)47-43(38)45(42)50/h3-28,47-48H,1-2H3. The predicted octanol–water partition coefficient (Wildman–Crippen LogP) is 10.7. The van der Waals surface area contributed by atoms with E-state index in [2.05, 4.69) is 186 Å². The Kier molecular flexibility index (Phi) is 6.68. The number of anilines is 5. The molecule has 0 unspecified atom stereocenters. The summed E-state index contributed by atoms with van der Waals surface area (Å²) in [4.78, 5) is 2.32. The van der Waals surface area contributed by atoms with Crippen LogP contribution in [0.5, 0.6) is 0 Å². The van der Waals surface area contributed by atoms with Crippen molar-refractivity contribution in [1.29, 1.82) is 0 Å². The van der Waals surface area contributed by atoms with Gasteiger partial charge in [-0.1, -0.05) is 96.6 Å². The van der Waals surface area contributed by atoms with Crippen LogP contribution in [-0.2, 0) is 0 Å². The number of fused-ring (bicyclic) bond motifs is 7. The summed E-state index contributed by atoms with van der Waals surface area (Å²) in [5, 5.41) is 7.59. The summed E-state index contributed by atoms with van der Waals surface area (Å²) in [5.41, 5.74) is 17.1. The topological polar surface area (TPSA) is 33.3 Å². The van der Waals surface area contributed by atoms with E-state index in [0.29, 0.717) is 7.28 Å². The number of hydrogen-bond donors (Lipinski definition) is 1. The monoisotopic (exact) mass is 655 g/mol. The first-order valence-corrected chi connectivity index (χ1v) is 17.6. The maximum atomic E-state index is 6.66. The average molecular weight is 656 g/mol. The van der Waals surface area contributed by atoms with Gasteiger partial charge in [0.1, 0.15) is 5.58 Å². The molecule has 10 rings (SSSR count). The molecule has 1 N–H and O–H groups in total. The quantitative estimate of drug-likeness (QED) is 0.181. The lowest BCUT2D eigenvalue weighted by molar-refractivity contribution is 0.650. The summed E-state index contributed by atoms with van der Waals surface area (Å²) < 4.78 is 9.13. The molecule has 2 aromatic heterocycles. The predicted molar refractivity (Wildman–Crippen MR) is 216 cm³/mol. The van der Waals surface area contributed by atoms with Gasteiger partial charge in [0.2, 0.25) is 7.28 Å². The van der Waals surface area contributed by atoms with Crippen LogP contribution in [0.25, 0.3) is 49.6 Å². The van der Waals surface area contributed by atoms with E-state index in [1.807, 2.05) is 0 Å². The van der Waals surface area contributed by atoms with Crippen molar-refractivity contribution in [3.8, 4) is 16.8 Å². The highest BCUT2D eigenvalue weighted by Gasteiger charge is 2.31. The van der Waals surface area contributed by atoms with Gasteiger partial charge < -0.3 is 19.2 Å². The highest BCUT2D eigenvalue weighted by atomic mass is 16.3. The first kappa shape index (κ1) is 29.5. The normalized spacial score (nSPS) is 11.9. The molecule has 5 heteroatoms. The molecule has 0 aliphatic carbocycles. The minimum atomic E-state index is 0.707. The van der Waals surface area contributed by atoms with E-state index in [4.69, 9.17) is 4.42 Å². The fourth-order valence-electron chi connectivity index (χ4n) is 8.09. The van der Waals surface area contributed by atoms with E-state index < -0.39 is 0 Å². The summed E-state index contributed by atoms with van der Waals surface area (Å²) in [7, 11) is 0.707. The molecular weight excluding hydrogens is 621 g/mol. The van der Waals surface area contributed by atoms with Crippen molar-refractivity contribution in [2.75, 3.05) is 10.2 Å². The molecule has 3 heterocycles. The molecule has 242 valence electrons. The van der Waals surface area contributed by atoms with E-state index in [-0.39, 0.29) is 0 Å². The van der Waals surface area contributed by atoms with Crippen molar-refractivity contribution in [3.63, 3.8) is 0 Å². The van der Waals surface area contributed by atoms with Crippen molar-refractivity contribution in [3.05, 3.63) is 169 Å². The largest absolute Gasteiger partial charge is 0.469 e. The minimum absolute atomic E-state index is 0.707. The average Bonchev–Trinajstić information content (AvgIpc) is 3.72. The van der Waals surface area contributed by atoms with Crippen molar-refractivity contribution < 1.29 is 4.42 Å². The Balaban J connectivity index is 1.24. The zero-order valence-corrected chi connectivity index (χ0v) is 28.5. The number of benzene rings is 7. The summed E-state index contributed by atoms with van der Waals surface area (Å²) in [6, 6.07) is 56.3. The van der Waals surface area contributed by atoms with E-state index in [1.165, 1.54) is 44.0 Å². The molecule has 0 radical (unpaired) electrons. The van der Waals surface area contributed by atoms with E-state index in [0.717, 1.165) is 56.3 Å². The maximum absolute atomic E-state index is 6.66. The zero-order chi connectivity index (χ0) is 34.1. The Labute approximate surface area is 297 Å². The third-order valence-corrected chi connectivity index (χ3v) is 10.4. The SMILES string of the molecule is Cc1ccc(Nc2cc(N(c3ccccc3)c3ccccc3)ccc2-c2cc(C)c3c4ccccc4n4c3c2Bc2oc3ccccc3c2-4)cc1. The van der Waals surface area contributed by atoms with Crippen LogP contribution in [0.4, 0.5) is 28.4 Å². The number of rotatable bonds is 6. The third kappa shape index (κ3) is 4.69. The van der Waals surface area contributed by atoms with Crippen molar-refractivity contribution in [1.82, 2.24) is 4.57 Å². The number of aryl methyl sites for hydroxylation is 2. The van der Waals surface area contributed by atoms with Gasteiger partial charge in [-0.25, -0.2) is 0 Å². The highest BCUT2D eigenvalue weighted by Crippen LogP contribution is 2.43. The molecular formula is C46H34BN3O. The minimum Gasteiger partial charge on any atom is -0.469 e. The Bertz CT molecular complexity index is 2720. The van der Waals surface area contributed by atoms with Crippen LogP contribution in [-0.4, -0.2) is 11.8 Å². The molecule has 4 nitrogen and oxygen atoms in total. The number of nitrogens with zero attached hydrogens (tertiary/aromatic N) is 2. The molecule has 7 aromatic carbocycles. The highest BCUT2D eigenvalue weighted by molar-refractivity contribution is 6.73. The van der Waals surface area contributed by atoms with Crippen LogP contribution >= 0.6 is 0 Å². The lowest BCUT2D eigenvalue weighted by Crippen LogP contribution is -2.36. The van der Waals surface area contributed by atoms with Gasteiger partial charge in [-0.05, 0) is 97.2 Å². The molecule has 1 aliphatic heterocycles. The summed E-state index contributed by atoms with van der Waals surface area (Å²) in [6.07, 6.45) is 0. The summed E-state index contributed by atoms with van der Waals surface area (Å²) in [6.45, 7) is 4.39. The van der Waals surface area contributed by atoms with Gasteiger partial charge in [0.25, 0.3) is 0 Å². The molecule has 0 saturated heterocycles. The van der Waals surface area contributed by atoms with Crippen molar-refractivity contribution in [2.45, 2.75) is 13.8 Å². The van der Waals surface area contributed by atoms with Gasteiger partial charge in [0, 0.05) is 55.7 Å². The summed E-state index contributed by atoms with van der Waals surface area (Å²) in [5.74, 6) is 0. The number of nitrogens with one attached hydrogen (secondary N) is 1. The maximum Gasteiger partial charge on any atom is 0.244 e. The molecule has 0 fully saturated rings. The Hall–Kier alpha value is -6.46. The number of para-hydroxylation sites is 4. The third-order valence-electron chi connectivity index (χ3n) is 10.4. The molecule has 0 amide bonds. The number of furan rings is 1. The van der Waals surface area contributed by atoms with Crippen LogP contribution < -0.4 is 21.3 Å². The van der Waals surface area contributed by atoms with Crippen LogP contribution in [0, 0.1) is 13.8 Å². The lowest BCUT2D eigenvalue weighted by atomic mass is 9.62. The Morgan fingerprint density at radius 3 is 2.02 bits per heavy atom. The number of aromatic nitrogens is 1. The van der Waals surface area contributed by atoms with Crippen molar-refractivity contribution >= 4 is 79.6 Å². The molecule has 0 bridgehead atoms. The van der Waals surface area contributed by atoms with Gasteiger partial charge in [-0.3, -0.25) is 0 Å². The van der Waals surface area contributed by atoms with Gasteiger partial charge in [-0.2, -0.15) is 0 Å². The van der Waals surface area contributed by atoms with E-state index in [9.17, 15) is 0 Å². The van der Waals surface area contributed by atoms with Crippen LogP contribution in [0.1, 0.15) is 11.1 Å². The lowest BCUT2D eigenvalue weighted by Gasteiger charge is -2.27. The fraction of sp³-hybridized carbons (Fsp3) is 0.0435. The van der Waals surface area contributed by atoms with Gasteiger partial charge in [0.15, 0.2) is 0 Å². The molecule has 0 saturated carbocycles. The Morgan fingerprint density at radius 2 is 1.27 bits per heavy atom. The van der Waals surface area contributed by atoms with E-state index >= 15 is 0 Å². The number of hydrogen-bond acceptors (Lipinski definition) is 3. The van der Waals surface area contributed by atoms with Crippen LogP contribution in [0.2, 0.25) is 0 Å². The fourth-order valence-corrected chi connectivity index (χ4v) is 8.09. The molecule has 0 spiro atoms. The van der Waals surface area contributed by atoms with Gasteiger partial charge in [-0.15, -0.1) is 0 Å². The second-order valence-electron chi connectivity index (χ2n) is 13.6. The van der Waals surface area contributed by atoms with Gasteiger partial charge >= 0.3 is 0 Å². The molecule has 1 aliphatic rings. The van der Waals surface area contributed by atoms with Crippen LogP contribution in [0.3, 0.4) is 0 Å². The first-order chi connectivity index (χ1) is 25.1. The summed E-state index contributed by atoms with van der Waals surface area (Å²) >= 11 is 0. The second kappa shape index (κ2) is 11.6.